The molecule has 1 heterocycles. The van der Waals surface area contributed by atoms with Gasteiger partial charge in [-0.05, 0) is 49.2 Å². The van der Waals surface area contributed by atoms with Crippen molar-refractivity contribution in [3.05, 3.63) is 52.5 Å². The zero-order chi connectivity index (χ0) is 20.6. The van der Waals surface area contributed by atoms with Crippen LogP contribution in [0.2, 0.25) is 5.02 Å². The molecule has 1 aliphatic heterocycles. The molecule has 8 heteroatoms. The van der Waals surface area contributed by atoms with E-state index in [1.165, 1.54) is 0 Å². The van der Waals surface area contributed by atoms with Crippen LogP contribution in [-0.4, -0.2) is 31.7 Å². The molecule has 0 saturated carbocycles. The van der Waals surface area contributed by atoms with Gasteiger partial charge in [-0.15, -0.1) is 0 Å². The third kappa shape index (κ3) is 5.77. The summed E-state index contributed by atoms with van der Waals surface area (Å²) in [5, 5.41) is 9.88. The first kappa shape index (κ1) is 20.8. The highest BCUT2D eigenvalue weighted by Crippen LogP contribution is 2.32. The quantitative estimate of drug-likeness (QED) is 0.475. The maximum atomic E-state index is 12.2. The Kier molecular flexibility index (Phi) is 7.19. The van der Waals surface area contributed by atoms with Crippen molar-refractivity contribution in [3.63, 3.8) is 0 Å². The summed E-state index contributed by atoms with van der Waals surface area (Å²) >= 11 is 6.09. The summed E-state index contributed by atoms with van der Waals surface area (Å²) in [6, 6.07) is 11.2. The SMILES string of the molecule is CCNC(=NCc1ccc2c(c1)OCO2)NCCC(=O)Nc1cccc(Cl)c1C. The molecule has 0 unspecified atom stereocenters. The number of benzene rings is 2. The van der Waals surface area contributed by atoms with Gasteiger partial charge in [-0.1, -0.05) is 23.7 Å². The molecule has 154 valence electrons. The van der Waals surface area contributed by atoms with Crippen LogP contribution in [-0.2, 0) is 11.3 Å². The summed E-state index contributed by atoms with van der Waals surface area (Å²) in [6.45, 7) is 5.79. The van der Waals surface area contributed by atoms with Gasteiger partial charge in [0.15, 0.2) is 17.5 Å². The number of fused-ring (bicyclic) bond motifs is 1. The van der Waals surface area contributed by atoms with E-state index >= 15 is 0 Å². The summed E-state index contributed by atoms with van der Waals surface area (Å²) in [6.07, 6.45) is 0.306. The number of anilines is 1. The van der Waals surface area contributed by atoms with E-state index < -0.39 is 0 Å². The van der Waals surface area contributed by atoms with Crippen molar-refractivity contribution in [1.82, 2.24) is 10.6 Å². The lowest BCUT2D eigenvalue weighted by atomic mass is 10.2. The minimum atomic E-state index is -0.0884. The minimum Gasteiger partial charge on any atom is -0.454 e. The lowest BCUT2D eigenvalue weighted by Gasteiger charge is -2.12. The van der Waals surface area contributed by atoms with Crippen molar-refractivity contribution < 1.29 is 14.3 Å². The van der Waals surface area contributed by atoms with Crippen molar-refractivity contribution >= 4 is 29.2 Å². The minimum absolute atomic E-state index is 0.0884. The second-order valence-electron chi connectivity index (χ2n) is 6.52. The van der Waals surface area contributed by atoms with Crippen molar-refractivity contribution in [2.75, 3.05) is 25.2 Å². The van der Waals surface area contributed by atoms with Gasteiger partial charge in [0.05, 0.1) is 6.54 Å². The number of aliphatic imine (C=N–C) groups is 1. The predicted molar refractivity (Wildman–Crippen MR) is 115 cm³/mol. The van der Waals surface area contributed by atoms with Crippen LogP contribution in [0.15, 0.2) is 41.4 Å². The summed E-state index contributed by atoms with van der Waals surface area (Å²) in [4.78, 5) is 16.8. The van der Waals surface area contributed by atoms with E-state index in [1.807, 2.05) is 44.2 Å². The topological polar surface area (TPSA) is 84.0 Å². The summed E-state index contributed by atoms with van der Waals surface area (Å²) in [7, 11) is 0. The van der Waals surface area contributed by atoms with Gasteiger partial charge in [0.2, 0.25) is 12.7 Å². The van der Waals surface area contributed by atoms with E-state index in [-0.39, 0.29) is 12.7 Å². The van der Waals surface area contributed by atoms with Crippen LogP contribution in [0.5, 0.6) is 11.5 Å². The first-order valence-corrected chi connectivity index (χ1v) is 9.90. The van der Waals surface area contributed by atoms with Gasteiger partial charge in [0, 0.05) is 30.2 Å². The van der Waals surface area contributed by atoms with Crippen LogP contribution in [0.3, 0.4) is 0 Å². The highest BCUT2D eigenvalue weighted by molar-refractivity contribution is 6.31. The summed E-state index contributed by atoms with van der Waals surface area (Å²) in [5.41, 5.74) is 2.60. The Labute approximate surface area is 175 Å². The molecule has 0 saturated heterocycles. The molecule has 0 fully saturated rings. The molecule has 0 aliphatic carbocycles. The largest absolute Gasteiger partial charge is 0.454 e. The van der Waals surface area contributed by atoms with E-state index in [2.05, 4.69) is 20.9 Å². The van der Waals surface area contributed by atoms with Gasteiger partial charge in [-0.25, -0.2) is 4.99 Å². The molecule has 0 spiro atoms. The van der Waals surface area contributed by atoms with E-state index in [0.717, 1.165) is 34.9 Å². The standard InChI is InChI=1S/C21H25ClN4O3/c1-3-23-21(25-12-15-7-8-18-19(11-15)29-13-28-18)24-10-9-20(27)26-17-6-4-5-16(22)14(17)2/h4-8,11H,3,9-10,12-13H2,1-2H3,(H,26,27)(H2,23,24,25). The highest BCUT2D eigenvalue weighted by Gasteiger charge is 2.13. The zero-order valence-corrected chi connectivity index (χ0v) is 17.3. The first-order valence-electron chi connectivity index (χ1n) is 9.52. The van der Waals surface area contributed by atoms with E-state index in [0.29, 0.717) is 30.5 Å². The average Bonchev–Trinajstić information content (AvgIpc) is 3.17. The predicted octanol–water partition coefficient (Wildman–Crippen LogP) is 3.46. The van der Waals surface area contributed by atoms with Crippen LogP contribution >= 0.6 is 11.6 Å². The van der Waals surface area contributed by atoms with E-state index in [9.17, 15) is 4.79 Å². The van der Waals surface area contributed by atoms with Gasteiger partial charge in [0.1, 0.15) is 0 Å². The number of nitrogens with one attached hydrogen (secondary N) is 3. The van der Waals surface area contributed by atoms with Gasteiger partial charge in [0.25, 0.3) is 0 Å². The molecule has 29 heavy (non-hydrogen) atoms. The number of amides is 1. The molecule has 7 nitrogen and oxygen atoms in total. The third-order valence-corrected chi connectivity index (χ3v) is 4.80. The van der Waals surface area contributed by atoms with Gasteiger partial charge in [-0.3, -0.25) is 4.79 Å². The maximum absolute atomic E-state index is 12.2. The molecule has 0 bridgehead atoms. The Morgan fingerprint density at radius 3 is 2.83 bits per heavy atom. The number of hydrogen-bond donors (Lipinski definition) is 3. The lowest BCUT2D eigenvalue weighted by molar-refractivity contribution is -0.116. The number of ether oxygens (including phenoxy) is 2. The maximum Gasteiger partial charge on any atom is 0.231 e. The summed E-state index contributed by atoms with van der Waals surface area (Å²) in [5.74, 6) is 2.05. The Bertz CT molecular complexity index is 901. The molecule has 1 aliphatic rings. The van der Waals surface area contributed by atoms with Crippen LogP contribution in [0.25, 0.3) is 0 Å². The second kappa shape index (κ2) is 10.0. The van der Waals surface area contributed by atoms with Crippen LogP contribution in [0.1, 0.15) is 24.5 Å². The van der Waals surface area contributed by atoms with Gasteiger partial charge >= 0.3 is 0 Å². The average molecular weight is 417 g/mol. The van der Waals surface area contributed by atoms with Crippen molar-refractivity contribution in [2.45, 2.75) is 26.8 Å². The van der Waals surface area contributed by atoms with Crippen LogP contribution < -0.4 is 25.4 Å². The van der Waals surface area contributed by atoms with Gasteiger partial charge < -0.3 is 25.4 Å². The fourth-order valence-electron chi connectivity index (χ4n) is 2.80. The smallest absolute Gasteiger partial charge is 0.231 e. The number of guanidine groups is 1. The lowest BCUT2D eigenvalue weighted by Crippen LogP contribution is -2.38. The van der Waals surface area contributed by atoms with Crippen molar-refractivity contribution in [3.8, 4) is 11.5 Å². The molecule has 1 amide bonds. The van der Waals surface area contributed by atoms with Crippen molar-refractivity contribution in [2.24, 2.45) is 4.99 Å². The number of carbonyl (C=O) groups excluding carboxylic acids is 1. The zero-order valence-electron chi connectivity index (χ0n) is 16.5. The number of halogens is 1. The molecule has 2 aromatic rings. The number of hydrogen-bond acceptors (Lipinski definition) is 4. The first-order chi connectivity index (χ1) is 14.1. The fraction of sp³-hybridized carbons (Fsp3) is 0.333. The molecular weight excluding hydrogens is 392 g/mol. The third-order valence-electron chi connectivity index (χ3n) is 4.39. The van der Waals surface area contributed by atoms with E-state index in [4.69, 9.17) is 21.1 Å². The highest BCUT2D eigenvalue weighted by atomic mass is 35.5. The molecule has 0 aromatic heterocycles. The second-order valence-corrected chi connectivity index (χ2v) is 6.93. The Hall–Kier alpha value is -2.93. The molecule has 3 N–H and O–H groups in total. The van der Waals surface area contributed by atoms with Crippen molar-refractivity contribution in [1.29, 1.82) is 0 Å². The number of rotatable bonds is 7. The molecular formula is C21H25ClN4O3. The van der Waals surface area contributed by atoms with Crippen LogP contribution in [0.4, 0.5) is 5.69 Å². The van der Waals surface area contributed by atoms with Crippen LogP contribution in [0, 0.1) is 6.92 Å². The fourth-order valence-corrected chi connectivity index (χ4v) is 2.98. The monoisotopic (exact) mass is 416 g/mol. The number of nitrogens with zero attached hydrogens (tertiary/aromatic N) is 1. The molecule has 2 aromatic carbocycles. The van der Waals surface area contributed by atoms with Gasteiger partial charge in [-0.2, -0.15) is 0 Å². The normalized spacial score (nSPS) is 12.6. The Morgan fingerprint density at radius 1 is 1.17 bits per heavy atom. The number of carbonyl (C=O) groups is 1. The molecule has 0 radical (unpaired) electrons. The summed E-state index contributed by atoms with van der Waals surface area (Å²) < 4.78 is 10.7. The van der Waals surface area contributed by atoms with E-state index in [1.54, 1.807) is 6.07 Å². The Morgan fingerprint density at radius 2 is 2.00 bits per heavy atom. The Balaban J connectivity index is 1.50. The molecule has 0 atom stereocenters. The molecule has 3 rings (SSSR count).